The van der Waals surface area contributed by atoms with Crippen molar-refractivity contribution >= 4 is 40.9 Å². The highest BCUT2D eigenvalue weighted by Gasteiger charge is 2.14. The minimum Gasteiger partial charge on any atom is -0.456 e. The third-order valence-electron chi connectivity index (χ3n) is 3.08. The molecule has 0 unspecified atom stereocenters. The highest BCUT2D eigenvalue weighted by atomic mass is 35.5. The van der Waals surface area contributed by atoms with Gasteiger partial charge in [-0.05, 0) is 36.4 Å². The zero-order chi connectivity index (χ0) is 18.4. The van der Waals surface area contributed by atoms with Crippen LogP contribution >= 0.6 is 23.2 Å². The molecular weight excluding hydrogens is 372 g/mol. The summed E-state index contributed by atoms with van der Waals surface area (Å²) in [7, 11) is 0. The Labute approximate surface area is 152 Å². The van der Waals surface area contributed by atoms with E-state index in [2.05, 4.69) is 5.32 Å². The van der Waals surface area contributed by atoms with Crippen LogP contribution in [-0.2, 0) is 9.53 Å². The zero-order valence-electron chi connectivity index (χ0n) is 12.7. The van der Waals surface area contributed by atoms with Crippen LogP contribution in [0.2, 0.25) is 10.0 Å². The fraction of sp³-hybridized carbons (Fsp3) is 0.118. The van der Waals surface area contributed by atoms with Gasteiger partial charge in [0.1, 0.15) is 12.4 Å². The summed E-state index contributed by atoms with van der Waals surface area (Å²) in [5.41, 5.74) is 0.236. The molecule has 0 fully saturated rings. The number of hydrogen-bond acceptors (Lipinski definition) is 4. The van der Waals surface area contributed by atoms with Crippen molar-refractivity contribution in [2.45, 2.75) is 0 Å². The smallest absolute Gasteiger partial charge is 0.325 e. The Bertz CT molecular complexity index is 826. The molecule has 0 heterocycles. The van der Waals surface area contributed by atoms with E-state index in [1.807, 2.05) is 0 Å². The number of halogens is 3. The molecule has 2 rings (SSSR count). The second-order valence-electron chi connectivity index (χ2n) is 4.90. The summed E-state index contributed by atoms with van der Waals surface area (Å²) in [6, 6.07) is 9.31. The number of carbonyl (C=O) groups excluding carboxylic acids is 3. The number of benzene rings is 2. The third-order valence-corrected chi connectivity index (χ3v) is 3.62. The Balaban J connectivity index is 1.82. The average Bonchev–Trinajstić information content (AvgIpc) is 2.57. The molecule has 0 atom stereocenters. The minimum absolute atomic E-state index is 0.0665. The van der Waals surface area contributed by atoms with Gasteiger partial charge >= 0.3 is 5.97 Å². The van der Waals surface area contributed by atoms with E-state index < -0.39 is 36.6 Å². The molecule has 0 radical (unpaired) electrons. The van der Waals surface area contributed by atoms with Gasteiger partial charge in [-0.1, -0.05) is 29.3 Å². The molecule has 0 saturated heterocycles. The molecule has 1 amide bonds. The molecule has 0 aliphatic rings. The lowest BCUT2D eigenvalue weighted by atomic mass is 10.1. The van der Waals surface area contributed by atoms with E-state index in [4.69, 9.17) is 27.9 Å². The van der Waals surface area contributed by atoms with Gasteiger partial charge in [0, 0.05) is 16.1 Å². The largest absolute Gasteiger partial charge is 0.456 e. The van der Waals surface area contributed by atoms with Gasteiger partial charge in [-0.3, -0.25) is 14.4 Å². The zero-order valence-corrected chi connectivity index (χ0v) is 14.2. The highest BCUT2D eigenvalue weighted by Crippen LogP contribution is 2.21. The van der Waals surface area contributed by atoms with Crippen molar-refractivity contribution < 1.29 is 23.5 Å². The molecule has 0 aliphatic carbocycles. The van der Waals surface area contributed by atoms with Crippen LogP contribution in [0, 0.1) is 5.82 Å². The SMILES string of the molecule is O=C(CNC(=O)c1cccc(F)c1)OCC(=O)c1ccc(Cl)cc1Cl. The fourth-order valence-electron chi connectivity index (χ4n) is 1.87. The molecule has 2 aromatic carbocycles. The first-order chi connectivity index (χ1) is 11.9. The highest BCUT2D eigenvalue weighted by molar-refractivity contribution is 6.36. The Hall–Kier alpha value is -2.44. The normalized spacial score (nSPS) is 10.2. The predicted molar refractivity (Wildman–Crippen MR) is 90.5 cm³/mol. The Morgan fingerprint density at radius 2 is 1.84 bits per heavy atom. The lowest BCUT2D eigenvalue weighted by Gasteiger charge is -2.07. The van der Waals surface area contributed by atoms with Gasteiger partial charge in [0.25, 0.3) is 5.91 Å². The second-order valence-corrected chi connectivity index (χ2v) is 5.74. The van der Waals surface area contributed by atoms with Crippen molar-refractivity contribution in [3.05, 3.63) is 69.5 Å². The summed E-state index contributed by atoms with van der Waals surface area (Å²) < 4.78 is 17.8. The minimum atomic E-state index is -0.816. The van der Waals surface area contributed by atoms with Crippen LogP contribution in [0.25, 0.3) is 0 Å². The van der Waals surface area contributed by atoms with E-state index in [0.717, 1.165) is 6.07 Å². The second kappa shape index (κ2) is 8.60. The maximum Gasteiger partial charge on any atom is 0.325 e. The molecule has 130 valence electrons. The van der Waals surface area contributed by atoms with Crippen LogP contribution in [0.4, 0.5) is 4.39 Å². The van der Waals surface area contributed by atoms with Crippen LogP contribution < -0.4 is 5.32 Å². The molecule has 8 heteroatoms. The Morgan fingerprint density at radius 1 is 1.08 bits per heavy atom. The quantitative estimate of drug-likeness (QED) is 0.613. The van der Waals surface area contributed by atoms with Crippen molar-refractivity contribution in [2.75, 3.05) is 13.2 Å². The van der Waals surface area contributed by atoms with Gasteiger partial charge < -0.3 is 10.1 Å². The van der Waals surface area contributed by atoms with Gasteiger partial charge in [-0.15, -0.1) is 0 Å². The van der Waals surface area contributed by atoms with Crippen LogP contribution in [0.5, 0.6) is 0 Å². The molecule has 0 aromatic heterocycles. The van der Waals surface area contributed by atoms with Gasteiger partial charge in [0.15, 0.2) is 6.61 Å². The number of nitrogens with one attached hydrogen (secondary N) is 1. The number of rotatable bonds is 6. The standard InChI is InChI=1S/C17H12Cl2FNO4/c18-11-4-5-13(14(19)7-11)15(22)9-25-16(23)8-21-17(24)10-2-1-3-12(20)6-10/h1-7H,8-9H2,(H,21,24). The molecule has 0 saturated carbocycles. The molecule has 0 bridgehead atoms. The fourth-order valence-corrected chi connectivity index (χ4v) is 2.39. The summed E-state index contributed by atoms with van der Waals surface area (Å²) in [6.45, 7) is -0.993. The van der Waals surface area contributed by atoms with Crippen molar-refractivity contribution in [3.63, 3.8) is 0 Å². The molecule has 2 aromatic rings. The molecular formula is C17H12Cl2FNO4. The summed E-state index contributed by atoms with van der Waals surface area (Å²) >= 11 is 11.6. The van der Waals surface area contributed by atoms with Crippen LogP contribution in [0.1, 0.15) is 20.7 Å². The number of carbonyl (C=O) groups is 3. The molecule has 1 N–H and O–H groups in total. The number of ketones is 1. The molecule has 5 nitrogen and oxygen atoms in total. The number of ether oxygens (including phenoxy) is 1. The summed E-state index contributed by atoms with van der Waals surface area (Å²) in [5, 5.41) is 2.79. The van der Waals surface area contributed by atoms with Crippen molar-refractivity contribution in [1.82, 2.24) is 5.32 Å². The van der Waals surface area contributed by atoms with Crippen LogP contribution in [0.3, 0.4) is 0 Å². The first-order valence-electron chi connectivity index (χ1n) is 7.04. The summed E-state index contributed by atoms with van der Waals surface area (Å²) in [4.78, 5) is 35.3. The maximum atomic E-state index is 13.0. The first kappa shape index (κ1) is 18.9. The van der Waals surface area contributed by atoms with Crippen LogP contribution in [0.15, 0.2) is 42.5 Å². The molecule has 25 heavy (non-hydrogen) atoms. The van der Waals surface area contributed by atoms with Crippen molar-refractivity contribution in [2.24, 2.45) is 0 Å². The number of esters is 1. The number of hydrogen-bond donors (Lipinski definition) is 1. The van der Waals surface area contributed by atoms with Gasteiger partial charge in [0.2, 0.25) is 5.78 Å². The Morgan fingerprint density at radius 3 is 2.52 bits per heavy atom. The third kappa shape index (κ3) is 5.55. The first-order valence-corrected chi connectivity index (χ1v) is 7.80. The van der Waals surface area contributed by atoms with E-state index in [-0.39, 0.29) is 16.1 Å². The molecule has 0 aliphatic heterocycles. The van der Waals surface area contributed by atoms with Gasteiger partial charge in [0.05, 0.1) is 5.02 Å². The number of amides is 1. The van der Waals surface area contributed by atoms with E-state index in [0.29, 0.717) is 5.02 Å². The van der Waals surface area contributed by atoms with E-state index >= 15 is 0 Å². The monoisotopic (exact) mass is 383 g/mol. The van der Waals surface area contributed by atoms with Crippen molar-refractivity contribution in [3.8, 4) is 0 Å². The van der Waals surface area contributed by atoms with Crippen molar-refractivity contribution in [1.29, 1.82) is 0 Å². The van der Waals surface area contributed by atoms with E-state index in [9.17, 15) is 18.8 Å². The van der Waals surface area contributed by atoms with Gasteiger partial charge in [-0.25, -0.2) is 4.39 Å². The lowest BCUT2D eigenvalue weighted by Crippen LogP contribution is -2.31. The lowest BCUT2D eigenvalue weighted by molar-refractivity contribution is -0.141. The Kier molecular flexibility index (Phi) is 6.50. The van der Waals surface area contributed by atoms with Crippen LogP contribution in [-0.4, -0.2) is 30.8 Å². The van der Waals surface area contributed by atoms with E-state index in [1.165, 1.54) is 36.4 Å². The van der Waals surface area contributed by atoms with Gasteiger partial charge in [-0.2, -0.15) is 0 Å². The summed E-state index contributed by atoms with van der Waals surface area (Å²) in [6.07, 6.45) is 0. The maximum absolute atomic E-state index is 13.0. The topological polar surface area (TPSA) is 72.5 Å². The predicted octanol–water partition coefficient (Wildman–Crippen LogP) is 3.29. The average molecular weight is 384 g/mol. The molecule has 0 spiro atoms. The summed E-state index contributed by atoms with van der Waals surface area (Å²) in [5.74, 6) is -2.53. The van der Waals surface area contributed by atoms with E-state index in [1.54, 1.807) is 0 Å². The number of Topliss-reactive ketones (excluding diaryl/α,β-unsaturated/α-hetero) is 1.